The van der Waals surface area contributed by atoms with Crippen molar-refractivity contribution >= 4 is 29.1 Å². The zero-order chi connectivity index (χ0) is 20.9. The topological polar surface area (TPSA) is 49.4 Å². The molecule has 0 fully saturated rings. The fourth-order valence-electron chi connectivity index (χ4n) is 2.64. The molecular weight excluding hydrogens is 393 g/mol. The van der Waals surface area contributed by atoms with Gasteiger partial charge < -0.3 is 10.2 Å². The lowest BCUT2D eigenvalue weighted by Gasteiger charge is -2.20. The molecule has 0 aliphatic rings. The summed E-state index contributed by atoms with van der Waals surface area (Å²) in [6.45, 7) is 1.64. The van der Waals surface area contributed by atoms with Gasteiger partial charge in [0.25, 0.3) is 0 Å². The molecule has 2 amide bonds. The molecule has 2 rings (SSSR count). The highest BCUT2D eigenvalue weighted by Gasteiger charge is 2.33. The van der Waals surface area contributed by atoms with Crippen LogP contribution in [0.2, 0.25) is 5.02 Å². The van der Waals surface area contributed by atoms with Gasteiger partial charge in [0.2, 0.25) is 11.8 Å². The quantitative estimate of drug-likeness (QED) is 0.729. The predicted octanol–water partition coefficient (Wildman–Crippen LogP) is 4.95. The first-order chi connectivity index (χ1) is 13.1. The number of carbonyl (C=O) groups is 2. The number of nitrogens with zero attached hydrogens (tertiary/aromatic N) is 1. The molecule has 8 heteroatoms. The van der Waals surface area contributed by atoms with E-state index >= 15 is 0 Å². The molecule has 0 bridgehead atoms. The molecule has 0 aliphatic heterocycles. The van der Waals surface area contributed by atoms with Crippen LogP contribution in [0.5, 0.6) is 0 Å². The maximum Gasteiger partial charge on any atom is 0.417 e. The lowest BCUT2D eigenvalue weighted by molar-refractivity contribution is -0.137. The van der Waals surface area contributed by atoms with Crippen molar-refractivity contribution in [3.8, 4) is 0 Å². The maximum atomic E-state index is 12.9. The van der Waals surface area contributed by atoms with Crippen molar-refractivity contribution in [2.45, 2.75) is 25.4 Å². The van der Waals surface area contributed by atoms with E-state index in [9.17, 15) is 22.8 Å². The summed E-state index contributed by atoms with van der Waals surface area (Å²) in [5.74, 6) is -0.859. The zero-order valence-electron chi connectivity index (χ0n) is 15.4. The second-order valence-corrected chi connectivity index (χ2v) is 6.91. The molecule has 1 N–H and O–H groups in total. The van der Waals surface area contributed by atoms with Gasteiger partial charge in [-0.1, -0.05) is 48.9 Å². The van der Waals surface area contributed by atoms with Crippen LogP contribution in [-0.2, 0) is 15.8 Å². The molecule has 28 heavy (non-hydrogen) atoms. The molecular formula is C20H20ClF3N2O2. The largest absolute Gasteiger partial charge is 0.417 e. The van der Waals surface area contributed by atoms with Crippen LogP contribution in [0.4, 0.5) is 18.9 Å². The molecule has 4 nitrogen and oxygen atoms in total. The summed E-state index contributed by atoms with van der Waals surface area (Å²) in [6, 6.07) is 12.6. The van der Waals surface area contributed by atoms with Crippen molar-refractivity contribution in [1.29, 1.82) is 0 Å². The first-order valence-corrected chi connectivity index (χ1v) is 8.91. The van der Waals surface area contributed by atoms with Crippen LogP contribution in [-0.4, -0.2) is 30.3 Å². The molecule has 0 unspecified atom stereocenters. The summed E-state index contributed by atoms with van der Waals surface area (Å²) in [5, 5.41) is 1.91. The summed E-state index contributed by atoms with van der Waals surface area (Å²) in [7, 11) is 1.47. The summed E-state index contributed by atoms with van der Waals surface area (Å²) in [6.07, 6.45) is -4.41. The Hall–Kier alpha value is -2.54. The minimum absolute atomic E-state index is 0.0233. The molecule has 0 spiro atoms. The maximum absolute atomic E-state index is 12.9. The monoisotopic (exact) mass is 412 g/mol. The normalized spacial score (nSPS) is 12.4. The number of rotatable bonds is 6. The van der Waals surface area contributed by atoms with Crippen molar-refractivity contribution in [3.05, 3.63) is 64.7 Å². The van der Waals surface area contributed by atoms with E-state index in [4.69, 9.17) is 11.6 Å². The first-order valence-electron chi connectivity index (χ1n) is 8.53. The average molecular weight is 413 g/mol. The Morgan fingerprint density at radius 2 is 1.79 bits per heavy atom. The van der Waals surface area contributed by atoms with Crippen molar-refractivity contribution in [2.24, 2.45) is 0 Å². The Bertz CT molecular complexity index is 841. The van der Waals surface area contributed by atoms with Gasteiger partial charge in [-0.25, -0.2) is 0 Å². The van der Waals surface area contributed by atoms with Gasteiger partial charge in [0.15, 0.2) is 0 Å². The van der Waals surface area contributed by atoms with Crippen molar-refractivity contribution in [3.63, 3.8) is 0 Å². The molecule has 0 saturated carbocycles. The zero-order valence-corrected chi connectivity index (χ0v) is 16.1. The van der Waals surface area contributed by atoms with Gasteiger partial charge in [-0.15, -0.1) is 0 Å². The average Bonchev–Trinajstić information content (AvgIpc) is 2.62. The molecule has 0 heterocycles. The number of hydrogen-bond donors (Lipinski definition) is 1. The number of likely N-dealkylation sites (N-methyl/N-ethyl adjacent to an activating group) is 1. The van der Waals surface area contributed by atoms with Gasteiger partial charge in [0.1, 0.15) is 0 Å². The number of halogens is 4. The smallest absolute Gasteiger partial charge is 0.336 e. The number of benzene rings is 2. The Labute approximate surface area is 166 Å². The van der Waals surface area contributed by atoms with Crippen molar-refractivity contribution in [2.75, 3.05) is 18.9 Å². The molecule has 0 aromatic heterocycles. The molecule has 1 atom stereocenters. The van der Waals surface area contributed by atoms with Crippen LogP contribution < -0.4 is 5.32 Å². The van der Waals surface area contributed by atoms with Crippen LogP contribution >= 0.6 is 11.6 Å². The van der Waals surface area contributed by atoms with E-state index < -0.39 is 22.7 Å². The predicted molar refractivity (Wildman–Crippen MR) is 102 cm³/mol. The van der Waals surface area contributed by atoms with Crippen LogP contribution in [0.15, 0.2) is 48.5 Å². The third-order valence-corrected chi connectivity index (χ3v) is 4.54. The Balaban J connectivity index is 1.94. The van der Waals surface area contributed by atoms with Crippen LogP contribution in [0.1, 0.15) is 30.4 Å². The Kier molecular flexibility index (Phi) is 7.07. The van der Waals surface area contributed by atoms with Crippen molar-refractivity contribution in [1.82, 2.24) is 4.90 Å². The summed E-state index contributed by atoms with van der Waals surface area (Å²) in [5.41, 5.74) is -0.0668. The Morgan fingerprint density at radius 1 is 1.14 bits per heavy atom. The molecule has 0 radical (unpaired) electrons. The summed E-state index contributed by atoms with van der Waals surface area (Å²) >= 11 is 5.56. The second kappa shape index (κ2) is 9.10. The fraction of sp³-hybridized carbons (Fsp3) is 0.300. The number of hydrogen-bond acceptors (Lipinski definition) is 2. The van der Waals surface area contributed by atoms with E-state index in [1.165, 1.54) is 18.0 Å². The van der Waals surface area contributed by atoms with E-state index in [-0.39, 0.29) is 30.5 Å². The number of carbonyl (C=O) groups excluding carboxylic acids is 2. The number of amides is 2. The third kappa shape index (κ3) is 5.99. The highest BCUT2D eigenvalue weighted by molar-refractivity contribution is 6.31. The second-order valence-electron chi connectivity index (χ2n) is 6.51. The SMILES string of the molecule is C[C@@H](CC(=O)N(C)CC(=O)Nc1ccc(Cl)c(C(F)(F)F)c1)c1ccccc1. The minimum atomic E-state index is -4.63. The van der Waals surface area contributed by atoms with Gasteiger partial charge >= 0.3 is 6.18 Å². The molecule has 0 aliphatic carbocycles. The molecule has 0 saturated heterocycles. The molecule has 2 aromatic carbocycles. The number of nitrogens with one attached hydrogen (secondary N) is 1. The molecule has 2 aromatic rings. The van der Waals surface area contributed by atoms with E-state index in [1.54, 1.807) is 0 Å². The van der Waals surface area contributed by atoms with E-state index in [2.05, 4.69) is 5.32 Å². The summed E-state index contributed by atoms with van der Waals surface area (Å²) in [4.78, 5) is 25.7. The van der Waals surface area contributed by atoms with Gasteiger partial charge in [-0.3, -0.25) is 9.59 Å². The minimum Gasteiger partial charge on any atom is -0.336 e. The third-order valence-electron chi connectivity index (χ3n) is 4.21. The fourth-order valence-corrected chi connectivity index (χ4v) is 2.87. The lowest BCUT2D eigenvalue weighted by atomic mass is 9.97. The van der Waals surface area contributed by atoms with Crippen LogP contribution in [0.3, 0.4) is 0 Å². The lowest BCUT2D eigenvalue weighted by Crippen LogP contribution is -2.35. The standard InChI is InChI=1S/C20H20ClF3N2O2/c1-13(14-6-4-3-5-7-14)10-19(28)26(2)12-18(27)25-15-8-9-17(21)16(11-15)20(22,23)24/h3-9,11,13H,10,12H2,1-2H3,(H,25,27)/t13-/m0/s1. The van der Waals surface area contributed by atoms with E-state index in [0.717, 1.165) is 17.7 Å². The van der Waals surface area contributed by atoms with Gasteiger partial charge in [-0.2, -0.15) is 13.2 Å². The number of anilines is 1. The number of alkyl halides is 3. The van der Waals surface area contributed by atoms with Crippen molar-refractivity contribution < 1.29 is 22.8 Å². The first kappa shape index (κ1) is 21.8. The van der Waals surface area contributed by atoms with Gasteiger partial charge in [0.05, 0.1) is 17.1 Å². The van der Waals surface area contributed by atoms with Gasteiger partial charge in [-0.05, 0) is 29.7 Å². The van der Waals surface area contributed by atoms with Crippen LogP contribution in [0, 0.1) is 0 Å². The summed E-state index contributed by atoms with van der Waals surface area (Å²) < 4.78 is 38.7. The van der Waals surface area contributed by atoms with Gasteiger partial charge in [0, 0.05) is 19.2 Å². The molecule has 150 valence electrons. The highest BCUT2D eigenvalue weighted by atomic mass is 35.5. The Morgan fingerprint density at radius 3 is 2.39 bits per heavy atom. The van der Waals surface area contributed by atoms with E-state index in [1.807, 2.05) is 37.3 Å². The van der Waals surface area contributed by atoms with Crippen LogP contribution in [0.25, 0.3) is 0 Å². The van der Waals surface area contributed by atoms with E-state index in [0.29, 0.717) is 0 Å². The highest BCUT2D eigenvalue weighted by Crippen LogP contribution is 2.36.